The fourth-order valence-corrected chi connectivity index (χ4v) is 3.15. The van der Waals surface area contributed by atoms with Crippen molar-refractivity contribution in [1.82, 2.24) is 0 Å². The number of anilines is 1. The number of hydrogen-bond acceptors (Lipinski definition) is 2. The zero-order valence-corrected chi connectivity index (χ0v) is 9.23. The van der Waals surface area contributed by atoms with Crippen molar-refractivity contribution in [2.24, 2.45) is 5.92 Å². The van der Waals surface area contributed by atoms with Crippen LogP contribution in [0.2, 0.25) is 0 Å². The number of nitrogens with two attached hydrogens (primary N) is 1. The van der Waals surface area contributed by atoms with Crippen LogP contribution in [0.3, 0.4) is 0 Å². The van der Waals surface area contributed by atoms with Crippen molar-refractivity contribution in [2.45, 2.75) is 24.2 Å². The maximum atomic E-state index is 13.0. The average Bonchev–Trinajstić information content (AvgIpc) is 2.09. The Balaban J connectivity index is 2.10. The Labute approximate surface area is 91.1 Å². The normalized spacial score (nSPS) is 18.5. The molecule has 0 bridgehead atoms. The number of hydrogen-bond donors (Lipinski definition) is 1. The lowest BCUT2D eigenvalue weighted by Crippen LogP contribution is -2.18. The van der Waals surface area contributed by atoms with Gasteiger partial charge in [0.15, 0.2) is 0 Å². The van der Waals surface area contributed by atoms with E-state index in [1.165, 1.54) is 18.6 Å². The summed E-state index contributed by atoms with van der Waals surface area (Å²) in [4.78, 5) is 0.513. The van der Waals surface area contributed by atoms with Crippen molar-refractivity contribution in [3.05, 3.63) is 24.0 Å². The summed E-state index contributed by atoms with van der Waals surface area (Å²) in [6.07, 6.45) is 3.53. The highest BCUT2D eigenvalue weighted by atomic mass is 32.2. The smallest absolute Gasteiger partial charge is 0.126 e. The molecule has 4 heteroatoms. The van der Waals surface area contributed by atoms with Crippen LogP contribution >= 0.6 is 0 Å². The lowest BCUT2D eigenvalue weighted by molar-refractivity contribution is 0.350. The van der Waals surface area contributed by atoms with Crippen molar-refractivity contribution in [2.75, 3.05) is 11.5 Å². The molecule has 15 heavy (non-hydrogen) atoms. The summed E-state index contributed by atoms with van der Waals surface area (Å²) in [5.41, 5.74) is 5.84. The molecule has 0 amide bonds. The summed E-state index contributed by atoms with van der Waals surface area (Å²) in [5, 5.41) is 0. The molecule has 0 aromatic heterocycles. The minimum atomic E-state index is -1.10. The van der Waals surface area contributed by atoms with Crippen LogP contribution in [0.5, 0.6) is 0 Å². The lowest BCUT2D eigenvalue weighted by Gasteiger charge is -2.24. The molecule has 1 atom stereocenters. The Hall–Kier alpha value is -0.900. The number of halogens is 1. The van der Waals surface area contributed by atoms with Gasteiger partial charge in [0.1, 0.15) is 5.82 Å². The summed E-state index contributed by atoms with van der Waals surface area (Å²) in [6.45, 7) is 0. The summed E-state index contributed by atoms with van der Waals surface area (Å²) >= 11 is 0. The summed E-state index contributed by atoms with van der Waals surface area (Å²) in [6, 6.07) is 4.15. The van der Waals surface area contributed by atoms with Gasteiger partial charge in [0.25, 0.3) is 0 Å². The van der Waals surface area contributed by atoms with E-state index in [0.717, 1.165) is 12.8 Å². The molecule has 0 saturated heterocycles. The first-order valence-corrected chi connectivity index (χ1v) is 6.41. The van der Waals surface area contributed by atoms with Crippen LogP contribution in [-0.4, -0.2) is 9.96 Å². The van der Waals surface area contributed by atoms with E-state index in [4.69, 9.17) is 5.73 Å². The summed E-state index contributed by atoms with van der Waals surface area (Å²) < 4.78 is 24.8. The molecule has 2 rings (SSSR count). The molecule has 0 spiro atoms. The Bertz CT molecular complexity index is 370. The summed E-state index contributed by atoms with van der Waals surface area (Å²) in [7, 11) is -1.10. The molecule has 0 heterocycles. The van der Waals surface area contributed by atoms with Crippen molar-refractivity contribution in [1.29, 1.82) is 0 Å². The summed E-state index contributed by atoms with van der Waals surface area (Å²) in [5.74, 6) is 0.783. The van der Waals surface area contributed by atoms with Crippen LogP contribution in [0.4, 0.5) is 10.1 Å². The highest BCUT2D eigenvalue weighted by Crippen LogP contribution is 2.28. The SMILES string of the molecule is Nc1cc(F)cc(S(=O)CC2CCC2)c1. The van der Waals surface area contributed by atoms with Gasteiger partial charge in [0, 0.05) is 16.3 Å². The molecule has 1 aromatic rings. The van der Waals surface area contributed by atoms with Crippen molar-refractivity contribution >= 4 is 16.5 Å². The average molecular weight is 227 g/mol. The van der Waals surface area contributed by atoms with E-state index < -0.39 is 16.6 Å². The molecule has 2 N–H and O–H groups in total. The molecular weight excluding hydrogens is 213 g/mol. The Morgan fingerprint density at radius 1 is 1.40 bits per heavy atom. The van der Waals surface area contributed by atoms with Crippen molar-refractivity contribution in [3.63, 3.8) is 0 Å². The second-order valence-electron chi connectivity index (χ2n) is 4.03. The fraction of sp³-hybridized carbons (Fsp3) is 0.455. The van der Waals surface area contributed by atoms with Gasteiger partial charge in [-0.25, -0.2) is 4.39 Å². The predicted molar refractivity (Wildman–Crippen MR) is 59.4 cm³/mol. The zero-order valence-electron chi connectivity index (χ0n) is 8.41. The number of rotatable bonds is 3. The molecular formula is C11H14FNOS. The Morgan fingerprint density at radius 3 is 2.67 bits per heavy atom. The van der Waals surface area contributed by atoms with Gasteiger partial charge in [-0.3, -0.25) is 4.21 Å². The quantitative estimate of drug-likeness (QED) is 0.805. The van der Waals surface area contributed by atoms with Crippen LogP contribution in [0.25, 0.3) is 0 Å². The second-order valence-corrected chi connectivity index (χ2v) is 5.53. The van der Waals surface area contributed by atoms with Crippen LogP contribution in [0, 0.1) is 11.7 Å². The molecule has 2 nitrogen and oxygen atoms in total. The monoisotopic (exact) mass is 227 g/mol. The van der Waals surface area contributed by atoms with E-state index in [2.05, 4.69) is 0 Å². The van der Waals surface area contributed by atoms with Crippen molar-refractivity contribution in [3.8, 4) is 0 Å². The zero-order chi connectivity index (χ0) is 10.8. The van der Waals surface area contributed by atoms with Gasteiger partial charge in [-0.1, -0.05) is 6.42 Å². The van der Waals surface area contributed by atoms with Gasteiger partial charge in [-0.15, -0.1) is 0 Å². The molecule has 1 unspecified atom stereocenters. The Morgan fingerprint density at radius 2 is 2.13 bits per heavy atom. The molecule has 1 aliphatic rings. The van der Waals surface area contributed by atoms with Gasteiger partial charge in [-0.2, -0.15) is 0 Å². The van der Waals surface area contributed by atoms with E-state index in [0.29, 0.717) is 22.3 Å². The molecule has 0 aliphatic heterocycles. The maximum Gasteiger partial charge on any atom is 0.126 e. The van der Waals surface area contributed by atoms with Crippen LogP contribution in [0.15, 0.2) is 23.1 Å². The van der Waals surface area contributed by atoms with E-state index in [9.17, 15) is 8.60 Å². The third-order valence-electron chi connectivity index (χ3n) is 2.77. The molecule has 1 saturated carbocycles. The van der Waals surface area contributed by atoms with E-state index in [1.807, 2.05) is 0 Å². The van der Waals surface area contributed by atoms with Gasteiger partial charge in [0.2, 0.25) is 0 Å². The molecule has 1 fully saturated rings. The topological polar surface area (TPSA) is 43.1 Å². The van der Waals surface area contributed by atoms with Crippen LogP contribution in [-0.2, 0) is 10.8 Å². The molecule has 0 radical (unpaired) electrons. The van der Waals surface area contributed by atoms with Gasteiger partial charge >= 0.3 is 0 Å². The minimum absolute atomic E-state index is 0.340. The van der Waals surface area contributed by atoms with Gasteiger partial charge in [-0.05, 0) is 37.0 Å². The fourth-order valence-electron chi connectivity index (χ4n) is 1.69. The lowest BCUT2D eigenvalue weighted by atomic mass is 9.87. The van der Waals surface area contributed by atoms with Gasteiger partial charge < -0.3 is 5.73 Å². The molecule has 1 aromatic carbocycles. The van der Waals surface area contributed by atoms with E-state index in [1.54, 1.807) is 6.07 Å². The number of benzene rings is 1. The van der Waals surface area contributed by atoms with Gasteiger partial charge in [0.05, 0.1) is 10.8 Å². The van der Waals surface area contributed by atoms with Crippen LogP contribution < -0.4 is 5.73 Å². The minimum Gasteiger partial charge on any atom is -0.399 e. The first kappa shape index (κ1) is 10.6. The first-order chi connectivity index (χ1) is 7.15. The Kier molecular flexibility index (Phi) is 3.05. The molecule has 1 aliphatic carbocycles. The standard InChI is InChI=1S/C11H14FNOS/c12-9-4-10(13)6-11(5-9)15(14)7-8-2-1-3-8/h4-6,8H,1-3,7,13H2. The van der Waals surface area contributed by atoms with Crippen molar-refractivity contribution < 1.29 is 8.60 Å². The largest absolute Gasteiger partial charge is 0.399 e. The second kappa shape index (κ2) is 4.31. The predicted octanol–water partition coefficient (Wildman–Crippen LogP) is 2.32. The third-order valence-corrected chi connectivity index (χ3v) is 4.30. The first-order valence-electron chi connectivity index (χ1n) is 5.09. The highest BCUT2D eigenvalue weighted by Gasteiger charge is 2.20. The van der Waals surface area contributed by atoms with E-state index >= 15 is 0 Å². The number of nitrogen functional groups attached to an aromatic ring is 1. The molecule has 82 valence electrons. The third kappa shape index (κ3) is 2.56. The van der Waals surface area contributed by atoms with E-state index in [-0.39, 0.29) is 0 Å². The maximum absolute atomic E-state index is 13.0. The van der Waals surface area contributed by atoms with Crippen LogP contribution in [0.1, 0.15) is 19.3 Å². The highest BCUT2D eigenvalue weighted by molar-refractivity contribution is 7.85.